The average molecular weight is 248 g/mol. The summed E-state index contributed by atoms with van der Waals surface area (Å²) in [7, 11) is 0. The van der Waals surface area contributed by atoms with Crippen LogP contribution in [-0.2, 0) is 0 Å². The van der Waals surface area contributed by atoms with E-state index in [0.29, 0.717) is 6.04 Å². The van der Waals surface area contributed by atoms with Crippen molar-refractivity contribution in [2.24, 2.45) is 17.8 Å². The van der Waals surface area contributed by atoms with Crippen LogP contribution in [0.15, 0.2) is 11.6 Å². The summed E-state index contributed by atoms with van der Waals surface area (Å²) >= 11 is 1.83. The molecule has 4 atom stereocenters. The maximum atomic E-state index is 4.54. The van der Waals surface area contributed by atoms with E-state index in [2.05, 4.69) is 15.7 Å². The van der Waals surface area contributed by atoms with Crippen molar-refractivity contribution in [3.63, 3.8) is 0 Å². The van der Waals surface area contributed by atoms with E-state index in [1.807, 2.05) is 17.5 Å². The zero-order valence-corrected chi connectivity index (χ0v) is 11.0. The van der Waals surface area contributed by atoms with Crippen LogP contribution in [0.3, 0.4) is 0 Å². The van der Waals surface area contributed by atoms with Crippen LogP contribution < -0.4 is 5.32 Å². The van der Waals surface area contributed by atoms with E-state index in [1.54, 1.807) is 0 Å². The Bertz CT molecular complexity index is 385. The molecule has 0 radical (unpaired) electrons. The van der Waals surface area contributed by atoms with Gasteiger partial charge in [0.1, 0.15) is 5.01 Å². The van der Waals surface area contributed by atoms with Crippen molar-refractivity contribution < 1.29 is 0 Å². The fraction of sp³-hybridized carbons (Fsp3) is 0.786. The number of aromatic nitrogens is 1. The zero-order chi connectivity index (χ0) is 11.2. The van der Waals surface area contributed by atoms with Crippen molar-refractivity contribution in [2.75, 3.05) is 0 Å². The molecule has 0 aromatic carbocycles. The molecule has 3 aliphatic rings. The van der Waals surface area contributed by atoms with E-state index in [4.69, 9.17) is 0 Å². The Morgan fingerprint density at radius 2 is 2.18 bits per heavy atom. The van der Waals surface area contributed by atoms with Gasteiger partial charge in [0.25, 0.3) is 0 Å². The molecule has 3 fully saturated rings. The van der Waals surface area contributed by atoms with Crippen LogP contribution in [0.4, 0.5) is 0 Å². The number of nitrogens with one attached hydrogen (secondary N) is 1. The lowest BCUT2D eigenvalue weighted by atomic mass is 9.94. The van der Waals surface area contributed by atoms with Crippen molar-refractivity contribution in [2.45, 2.75) is 50.6 Å². The van der Waals surface area contributed by atoms with Gasteiger partial charge in [-0.3, -0.25) is 0 Å². The highest BCUT2D eigenvalue weighted by Gasteiger charge is 2.43. The molecule has 3 saturated carbocycles. The monoisotopic (exact) mass is 248 g/mol. The van der Waals surface area contributed by atoms with Crippen molar-refractivity contribution in [3.05, 3.63) is 16.6 Å². The molecule has 0 saturated heterocycles. The van der Waals surface area contributed by atoms with Gasteiger partial charge in [0.15, 0.2) is 0 Å². The van der Waals surface area contributed by atoms with Crippen LogP contribution in [0.25, 0.3) is 0 Å². The Morgan fingerprint density at radius 1 is 1.24 bits per heavy atom. The van der Waals surface area contributed by atoms with Gasteiger partial charge in [-0.25, -0.2) is 4.98 Å². The van der Waals surface area contributed by atoms with Crippen LogP contribution >= 0.6 is 11.3 Å². The molecular formula is C14H20N2S. The lowest BCUT2D eigenvalue weighted by Gasteiger charge is -2.27. The summed E-state index contributed by atoms with van der Waals surface area (Å²) in [6, 6.07) is 1.36. The molecule has 2 bridgehead atoms. The van der Waals surface area contributed by atoms with Crippen molar-refractivity contribution in [1.82, 2.24) is 10.3 Å². The first-order valence-electron chi connectivity index (χ1n) is 7.05. The highest BCUT2D eigenvalue weighted by Crippen LogP contribution is 2.47. The molecule has 1 aromatic heterocycles. The van der Waals surface area contributed by atoms with Gasteiger partial charge in [0, 0.05) is 17.6 Å². The summed E-state index contributed by atoms with van der Waals surface area (Å²) in [6.07, 6.45) is 10.6. The summed E-state index contributed by atoms with van der Waals surface area (Å²) in [6.45, 7) is 0. The van der Waals surface area contributed by atoms with Crippen LogP contribution in [0.2, 0.25) is 0 Å². The first kappa shape index (κ1) is 10.5. The van der Waals surface area contributed by atoms with Gasteiger partial charge in [-0.2, -0.15) is 0 Å². The second-order valence-electron chi connectivity index (χ2n) is 6.13. The van der Waals surface area contributed by atoms with Gasteiger partial charge in [0.2, 0.25) is 0 Å². The molecule has 0 amide bonds. The second-order valence-corrected chi connectivity index (χ2v) is 7.06. The van der Waals surface area contributed by atoms with E-state index in [-0.39, 0.29) is 0 Å². The molecule has 2 nitrogen and oxygen atoms in total. The molecule has 3 aliphatic carbocycles. The lowest BCUT2D eigenvalue weighted by molar-refractivity contribution is 0.305. The van der Waals surface area contributed by atoms with Gasteiger partial charge in [-0.05, 0) is 49.9 Å². The molecule has 92 valence electrons. The number of thiazole rings is 1. The number of rotatable bonds is 4. The number of hydrogen-bond acceptors (Lipinski definition) is 3. The normalized spacial score (nSPS) is 37.5. The Balaban J connectivity index is 1.49. The van der Waals surface area contributed by atoms with Gasteiger partial charge in [-0.15, -0.1) is 11.3 Å². The minimum atomic E-state index is 0.569. The fourth-order valence-electron chi connectivity index (χ4n) is 3.91. The maximum Gasteiger partial charge on any atom is 0.110 e. The summed E-state index contributed by atoms with van der Waals surface area (Å²) < 4.78 is 0. The van der Waals surface area contributed by atoms with Crippen LogP contribution in [0.1, 0.15) is 49.6 Å². The third-order valence-electron chi connectivity index (χ3n) is 4.94. The molecule has 4 rings (SSSR count). The van der Waals surface area contributed by atoms with Gasteiger partial charge >= 0.3 is 0 Å². The number of hydrogen-bond donors (Lipinski definition) is 1. The SMILES string of the molecule is c1csc(C(NC2CC3CCC2C3)C2CC2)n1. The smallest absolute Gasteiger partial charge is 0.110 e. The van der Waals surface area contributed by atoms with Gasteiger partial charge in [0.05, 0.1) is 6.04 Å². The molecule has 0 aliphatic heterocycles. The second kappa shape index (κ2) is 4.06. The average Bonchev–Trinajstić information content (AvgIpc) is 2.82. The topological polar surface area (TPSA) is 24.9 Å². The van der Waals surface area contributed by atoms with E-state index >= 15 is 0 Å². The molecule has 1 heterocycles. The summed E-state index contributed by atoms with van der Waals surface area (Å²) in [4.78, 5) is 4.54. The minimum Gasteiger partial charge on any atom is -0.305 e. The standard InChI is InChI=1S/C14H20N2S/c1-2-11-7-9(1)8-12(11)16-13(10-3-4-10)14-15-5-6-17-14/h5-6,9-13,16H,1-4,7-8H2. The molecule has 3 heteroatoms. The predicted octanol–water partition coefficient (Wildman–Crippen LogP) is 3.37. The van der Waals surface area contributed by atoms with Crippen molar-refractivity contribution in [1.29, 1.82) is 0 Å². The quantitative estimate of drug-likeness (QED) is 0.883. The number of nitrogens with zero attached hydrogens (tertiary/aromatic N) is 1. The third kappa shape index (κ3) is 1.93. The first-order valence-corrected chi connectivity index (χ1v) is 7.93. The Morgan fingerprint density at radius 3 is 2.76 bits per heavy atom. The molecule has 4 unspecified atom stereocenters. The summed E-state index contributed by atoms with van der Waals surface area (Å²) in [5.74, 6) is 2.88. The largest absolute Gasteiger partial charge is 0.305 e. The maximum absolute atomic E-state index is 4.54. The summed E-state index contributed by atoms with van der Waals surface area (Å²) in [5.41, 5.74) is 0. The van der Waals surface area contributed by atoms with Crippen LogP contribution in [0, 0.1) is 17.8 Å². The lowest BCUT2D eigenvalue weighted by Crippen LogP contribution is -2.37. The molecule has 1 aromatic rings. The zero-order valence-electron chi connectivity index (χ0n) is 10.1. The minimum absolute atomic E-state index is 0.569. The van der Waals surface area contributed by atoms with Crippen LogP contribution in [-0.4, -0.2) is 11.0 Å². The Labute approximate surface area is 107 Å². The predicted molar refractivity (Wildman–Crippen MR) is 70.0 cm³/mol. The van der Waals surface area contributed by atoms with E-state index in [1.165, 1.54) is 43.5 Å². The van der Waals surface area contributed by atoms with Crippen molar-refractivity contribution >= 4 is 11.3 Å². The van der Waals surface area contributed by atoms with Gasteiger partial charge < -0.3 is 5.32 Å². The van der Waals surface area contributed by atoms with Crippen LogP contribution in [0.5, 0.6) is 0 Å². The molecule has 1 N–H and O–H groups in total. The first-order chi connectivity index (χ1) is 8.40. The highest BCUT2D eigenvalue weighted by atomic mass is 32.1. The van der Waals surface area contributed by atoms with Crippen molar-refractivity contribution in [3.8, 4) is 0 Å². The van der Waals surface area contributed by atoms with E-state index in [9.17, 15) is 0 Å². The molecular weight excluding hydrogens is 228 g/mol. The third-order valence-corrected chi connectivity index (χ3v) is 5.80. The Kier molecular flexibility index (Phi) is 2.51. The summed E-state index contributed by atoms with van der Waals surface area (Å²) in [5, 5.41) is 7.41. The van der Waals surface area contributed by atoms with E-state index < -0.39 is 0 Å². The Hall–Kier alpha value is -0.410. The fourth-order valence-corrected chi connectivity index (χ4v) is 4.70. The van der Waals surface area contributed by atoms with Gasteiger partial charge in [-0.1, -0.05) is 6.42 Å². The number of fused-ring (bicyclic) bond motifs is 2. The van der Waals surface area contributed by atoms with E-state index in [0.717, 1.165) is 23.8 Å². The molecule has 0 spiro atoms. The molecule has 17 heavy (non-hydrogen) atoms. The highest BCUT2D eigenvalue weighted by molar-refractivity contribution is 7.09.